The number of rotatable bonds is 4. The molecule has 2 fully saturated rings. The maximum atomic E-state index is 12.1. The van der Waals surface area contributed by atoms with Gasteiger partial charge in [0, 0.05) is 31.6 Å². The normalized spacial score (nSPS) is 27.4. The van der Waals surface area contributed by atoms with Crippen molar-refractivity contribution in [2.45, 2.75) is 50.1 Å². The summed E-state index contributed by atoms with van der Waals surface area (Å²) in [5.41, 5.74) is -0.0320. The van der Waals surface area contributed by atoms with Gasteiger partial charge in [-0.15, -0.1) is 11.7 Å². The number of hydrogen-bond donors (Lipinski definition) is 1. The number of nitrogens with zero attached hydrogens (tertiary/aromatic N) is 4. The van der Waals surface area contributed by atoms with Crippen molar-refractivity contribution >= 4 is 11.8 Å². The highest BCUT2D eigenvalue weighted by Crippen LogP contribution is 2.42. The van der Waals surface area contributed by atoms with E-state index >= 15 is 0 Å². The number of aryl methyl sites for hydroxylation is 1. The number of hydrogen-bond acceptors (Lipinski definition) is 4. The Balaban J connectivity index is 1.59. The summed E-state index contributed by atoms with van der Waals surface area (Å²) in [4.78, 5) is 30.2. The molecule has 1 spiro atoms. The molecule has 0 aromatic carbocycles. The molecule has 0 unspecified atom stereocenters. The van der Waals surface area contributed by atoms with E-state index in [1.54, 1.807) is 13.1 Å². The van der Waals surface area contributed by atoms with Crippen LogP contribution in [0.15, 0.2) is 19.0 Å². The van der Waals surface area contributed by atoms with Gasteiger partial charge in [-0.25, -0.2) is 4.98 Å². The minimum absolute atomic E-state index is 0.0320. The van der Waals surface area contributed by atoms with E-state index in [4.69, 9.17) is 0 Å². The molecule has 1 aliphatic heterocycles. The minimum atomic E-state index is -0.225. The van der Waals surface area contributed by atoms with E-state index in [2.05, 4.69) is 22.0 Å². The predicted octanol–water partition coefficient (Wildman–Crippen LogP) is 1.03. The number of carbonyl (C=O) groups is 2. The summed E-state index contributed by atoms with van der Waals surface area (Å²) in [5, 5.41) is 7.03. The topological polar surface area (TPSA) is 80.1 Å². The molecule has 1 N–H and O–H groups in total. The molecule has 1 saturated carbocycles. The number of aromatic nitrogens is 3. The van der Waals surface area contributed by atoms with Crippen LogP contribution in [0, 0.1) is 0 Å². The molecule has 1 aromatic rings. The Bertz CT molecular complexity index is 616. The van der Waals surface area contributed by atoms with Crippen LogP contribution in [0.25, 0.3) is 0 Å². The van der Waals surface area contributed by atoms with Gasteiger partial charge in [-0.1, -0.05) is 6.08 Å². The van der Waals surface area contributed by atoms with Gasteiger partial charge in [0.2, 0.25) is 11.7 Å². The lowest BCUT2D eigenvalue weighted by molar-refractivity contribution is -0.131. The minimum Gasteiger partial charge on any atom is -0.347 e. The molecule has 2 heterocycles. The number of likely N-dealkylation sites (tertiary alicyclic amines) is 1. The van der Waals surface area contributed by atoms with Crippen molar-refractivity contribution in [1.82, 2.24) is 25.0 Å². The van der Waals surface area contributed by atoms with Crippen LogP contribution in [0.3, 0.4) is 0 Å². The average Bonchev–Trinajstić information content (AvgIpc) is 3.09. The fourth-order valence-corrected chi connectivity index (χ4v) is 3.81. The lowest BCUT2D eigenvalue weighted by Crippen LogP contribution is -2.51. The molecule has 23 heavy (non-hydrogen) atoms. The largest absolute Gasteiger partial charge is 0.347 e. The van der Waals surface area contributed by atoms with E-state index in [9.17, 15) is 9.59 Å². The predicted molar refractivity (Wildman–Crippen MR) is 84.6 cm³/mol. The zero-order valence-corrected chi connectivity index (χ0v) is 13.5. The third-order valence-corrected chi connectivity index (χ3v) is 5.04. The Kier molecular flexibility index (Phi) is 4.19. The van der Waals surface area contributed by atoms with Gasteiger partial charge in [-0.2, -0.15) is 0 Å². The number of amides is 2. The SMILES string of the molecule is C=CCN1C(=O)CCC12CCC(NC(=O)c1ncn(C)n1)CC2. The van der Waals surface area contributed by atoms with Crippen molar-refractivity contribution in [2.24, 2.45) is 7.05 Å². The van der Waals surface area contributed by atoms with E-state index in [1.165, 1.54) is 11.0 Å². The van der Waals surface area contributed by atoms with Crippen molar-refractivity contribution < 1.29 is 9.59 Å². The number of carbonyl (C=O) groups excluding carboxylic acids is 2. The summed E-state index contributed by atoms with van der Waals surface area (Å²) in [6, 6.07) is 0.123. The molecule has 2 aliphatic rings. The van der Waals surface area contributed by atoms with E-state index in [1.807, 2.05) is 4.90 Å². The van der Waals surface area contributed by atoms with Crippen LogP contribution >= 0.6 is 0 Å². The first-order valence-corrected chi connectivity index (χ1v) is 8.12. The summed E-state index contributed by atoms with van der Waals surface area (Å²) in [5.74, 6) is 0.208. The highest BCUT2D eigenvalue weighted by Gasteiger charge is 2.46. The quantitative estimate of drug-likeness (QED) is 0.841. The van der Waals surface area contributed by atoms with Gasteiger partial charge in [0.15, 0.2) is 0 Å². The van der Waals surface area contributed by atoms with E-state index in [-0.39, 0.29) is 29.2 Å². The zero-order chi connectivity index (χ0) is 16.4. The standard InChI is InChI=1S/C16H23N5O2/c1-3-10-21-13(22)6-9-16(21)7-4-12(5-8-16)18-15(23)14-17-11-20(2)19-14/h3,11-12H,1,4-10H2,2H3,(H,18,23). The van der Waals surface area contributed by atoms with Crippen molar-refractivity contribution in [1.29, 1.82) is 0 Å². The molecule has 1 aliphatic carbocycles. The molecule has 1 saturated heterocycles. The fourth-order valence-electron chi connectivity index (χ4n) is 3.81. The first kappa shape index (κ1) is 15.7. The van der Waals surface area contributed by atoms with Crippen LogP contribution in [0.1, 0.15) is 49.1 Å². The lowest BCUT2D eigenvalue weighted by atomic mass is 9.77. The van der Waals surface area contributed by atoms with Gasteiger partial charge in [0.1, 0.15) is 6.33 Å². The number of nitrogens with one attached hydrogen (secondary N) is 1. The molecule has 7 nitrogen and oxygen atoms in total. The van der Waals surface area contributed by atoms with E-state index < -0.39 is 0 Å². The Labute approximate surface area is 135 Å². The van der Waals surface area contributed by atoms with Crippen LogP contribution in [0.5, 0.6) is 0 Å². The van der Waals surface area contributed by atoms with Crippen LogP contribution in [-0.4, -0.2) is 49.6 Å². The highest BCUT2D eigenvalue weighted by atomic mass is 16.2. The summed E-state index contributed by atoms with van der Waals surface area (Å²) in [6.07, 6.45) is 8.46. The zero-order valence-electron chi connectivity index (χ0n) is 13.5. The highest BCUT2D eigenvalue weighted by molar-refractivity contribution is 5.90. The van der Waals surface area contributed by atoms with Crippen LogP contribution in [0.2, 0.25) is 0 Å². The van der Waals surface area contributed by atoms with Crippen LogP contribution in [0.4, 0.5) is 0 Å². The maximum Gasteiger partial charge on any atom is 0.291 e. The third-order valence-electron chi connectivity index (χ3n) is 5.04. The van der Waals surface area contributed by atoms with E-state index in [0.717, 1.165) is 32.1 Å². The molecular weight excluding hydrogens is 294 g/mol. The van der Waals surface area contributed by atoms with Crippen molar-refractivity contribution in [3.8, 4) is 0 Å². The molecule has 0 bridgehead atoms. The lowest BCUT2D eigenvalue weighted by Gasteiger charge is -2.43. The Morgan fingerprint density at radius 1 is 1.48 bits per heavy atom. The van der Waals surface area contributed by atoms with Crippen molar-refractivity contribution in [3.05, 3.63) is 24.8 Å². The molecule has 7 heteroatoms. The molecule has 0 atom stereocenters. The average molecular weight is 317 g/mol. The summed E-state index contributed by atoms with van der Waals surface area (Å²) < 4.78 is 1.52. The second-order valence-corrected chi connectivity index (χ2v) is 6.51. The van der Waals surface area contributed by atoms with Crippen LogP contribution < -0.4 is 5.32 Å². The van der Waals surface area contributed by atoms with E-state index in [0.29, 0.717) is 13.0 Å². The molecule has 3 rings (SSSR count). The third kappa shape index (κ3) is 3.00. The molecule has 2 amide bonds. The molecule has 124 valence electrons. The summed E-state index contributed by atoms with van der Waals surface area (Å²) in [7, 11) is 1.74. The monoisotopic (exact) mass is 317 g/mol. The Morgan fingerprint density at radius 3 is 2.83 bits per heavy atom. The van der Waals surface area contributed by atoms with Gasteiger partial charge >= 0.3 is 0 Å². The summed E-state index contributed by atoms with van der Waals surface area (Å²) in [6.45, 7) is 4.38. The fraction of sp³-hybridized carbons (Fsp3) is 0.625. The Hall–Kier alpha value is -2.18. The van der Waals surface area contributed by atoms with Gasteiger partial charge in [0.25, 0.3) is 5.91 Å². The maximum absolute atomic E-state index is 12.1. The van der Waals surface area contributed by atoms with Crippen LogP contribution in [-0.2, 0) is 11.8 Å². The second-order valence-electron chi connectivity index (χ2n) is 6.51. The van der Waals surface area contributed by atoms with Gasteiger partial charge in [-0.3, -0.25) is 14.3 Å². The molecular formula is C16H23N5O2. The first-order chi connectivity index (χ1) is 11.0. The summed E-state index contributed by atoms with van der Waals surface area (Å²) >= 11 is 0. The molecule has 0 radical (unpaired) electrons. The van der Waals surface area contributed by atoms with Gasteiger partial charge < -0.3 is 10.2 Å². The first-order valence-electron chi connectivity index (χ1n) is 8.12. The smallest absolute Gasteiger partial charge is 0.291 e. The van der Waals surface area contributed by atoms with Crippen molar-refractivity contribution in [2.75, 3.05) is 6.54 Å². The van der Waals surface area contributed by atoms with Crippen molar-refractivity contribution in [3.63, 3.8) is 0 Å². The van der Waals surface area contributed by atoms with Gasteiger partial charge in [0.05, 0.1) is 0 Å². The van der Waals surface area contributed by atoms with Gasteiger partial charge in [-0.05, 0) is 32.1 Å². The Morgan fingerprint density at radius 2 is 2.22 bits per heavy atom. The molecule has 1 aromatic heterocycles. The second kappa shape index (κ2) is 6.14.